The summed E-state index contributed by atoms with van der Waals surface area (Å²) in [6.07, 6.45) is 10.9. The number of allylic oxidation sites excluding steroid dienone is 2. The van der Waals surface area contributed by atoms with Crippen LogP contribution in [0.5, 0.6) is 0 Å². The largest absolute Gasteiger partial charge is 0.256 e. The Morgan fingerprint density at radius 3 is 3.29 bits per heavy atom. The minimum atomic E-state index is 0.811. The zero-order valence-electron chi connectivity index (χ0n) is 8.37. The molecule has 0 saturated heterocycles. The molecule has 1 heterocycles. The van der Waals surface area contributed by atoms with Gasteiger partial charge in [-0.2, -0.15) is 0 Å². The molecule has 0 spiro atoms. The van der Waals surface area contributed by atoms with Crippen molar-refractivity contribution in [2.75, 3.05) is 0 Å². The first-order valence-electron chi connectivity index (χ1n) is 5.59. The fourth-order valence-corrected chi connectivity index (χ4v) is 2.76. The molecule has 0 N–H and O–H groups in total. The Kier molecular flexibility index (Phi) is 1.90. The molecular formula is C13H15N. The minimum absolute atomic E-state index is 0.811. The second kappa shape index (κ2) is 3.23. The van der Waals surface area contributed by atoms with Crippen LogP contribution < -0.4 is 0 Å². The molecule has 72 valence electrons. The number of aryl methyl sites for hydroxylation is 1. The van der Waals surface area contributed by atoms with Crippen LogP contribution in [0.1, 0.15) is 36.9 Å². The molecule has 1 aromatic rings. The van der Waals surface area contributed by atoms with Crippen molar-refractivity contribution in [1.29, 1.82) is 0 Å². The maximum Gasteiger partial charge on any atom is 0.0693 e. The number of fused-ring (bicyclic) bond motifs is 3. The predicted octanol–water partition coefficient (Wildman–Crippen LogP) is 3.21. The van der Waals surface area contributed by atoms with Crippen molar-refractivity contribution in [3.05, 3.63) is 35.7 Å². The fraction of sp³-hybridized carbons (Fsp3) is 0.462. The minimum Gasteiger partial charge on any atom is -0.256 e. The Morgan fingerprint density at radius 1 is 1.29 bits per heavy atom. The van der Waals surface area contributed by atoms with Gasteiger partial charge in [-0.3, -0.25) is 4.98 Å². The van der Waals surface area contributed by atoms with E-state index < -0.39 is 0 Å². The lowest BCUT2D eigenvalue weighted by Gasteiger charge is -2.29. The predicted molar refractivity (Wildman–Crippen MR) is 57.9 cm³/mol. The average Bonchev–Trinajstić information content (AvgIpc) is 2.29. The van der Waals surface area contributed by atoms with Crippen LogP contribution in [0.2, 0.25) is 0 Å². The number of aromatic nitrogens is 1. The van der Waals surface area contributed by atoms with E-state index in [4.69, 9.17) is 0 Å². The second-order valence-electron chi connectivity index (χ2n) is 4.34. The van der Waals surface area contributed by atoms with Gasteiger partial charge in [0.25, 0.3) is 0 Å². The van der Waals surface area contributed by atoms with Crippen LogP contribution in [0.4, 0.5) is 0 Å². The first kappa shape index (κ1) is 8.22. The molecule has 3 rings (SSSR count). The van der Waals surface area contributed by atoms with Gasteiger partial charge in [-0.05, 0) is 55.2 Å². The highest BCUT2D eigenvalue weighted by Gasteiger charge is 2.25. The first-order chi connectivity index (χ1) is 6.95. The van der Waals surface area contributed by atoms with Gasteiger partial charge in [0.15, 0.2) is 0 Å². The molecule has 2 aliphatic carbocycles. The Labute approximate surface area is 84.9 Å². The summed E-state index contributed by atoms with van der Waals surface area (Å²) in [6.45, 7) is 0. The molecule has 0 amide bonds. The third-order valence-corrected chi connectivity index (χ3v) is 3.49. The summed E-state index contributed by atoms with van der Waals surface area (Å²) in [5.41, 5.74) is 4.29. The third-order valence-electron chi connectivity index (χ3n) is 3.49. The van der Waals surface area contributed by atoms with Gasteiger partial charge in [0.05, 0.1) is 5.69 Å². The maximum absolute atomic E-state index is 4.54. The maximum atomic E-state index is 4.54. The van der Waals surface area contributed by atoms with E-state index in [1.54, 1.807) is 0 Å². The Bertz CT molecular complexity index is 379. The second-order valence-corrected chi connectivity index (χ2v) is 4.34. The molecule has 14 heavy (non-hydrogen) atoms. The van der Waals surface area contributed by atoms with Crippen molar-refractivity contribution in [3.8, 4) is 0 Å². The molecule has 0 saturated carbocycles. The van der Waals surface area contributed by atoms with Crippen molar-refractivity contribution in [3.63, 3.8) is 0 Å². The summed E-state index contributed by atoms with van der Waals surface area (Å²) >= 11 is 0. The summed E-state index contributed by atoms with van der Waals surface area (Å²) in [6, 6.07) is 4.29. The third kappa shape index (κ3) is 1.19. The molecule has 0 aliphatic heterocycles. The Balaban J connectivity index is 2.11. The lowest BCUT2D eigenvalue weighted by atomic mass is 9.76. The lowest BCUT2D eigenvalue weighted by molar-refractivity contribution is 0.506. The van der Waals surface area contributed by atoms with Crippen LogP contribution >= 0.6 is 0 Å². The van der Waals surface area contributed by atoms with Crippen LogP contribution in [0, 0.1) is 5.92 Å². The number of nitrogens with zero attached hydrogens (tertiary/aromatic N) is 1. The Morgan fingerprint density at radius 2 is 2.29 bits per heavy atom. The number of hydrogen-bond donors (Lipinski definition) is 0. The Hall–Kier alpha value is -1.11. The highest BCUT2D eigenvalue weighted by atomic mass is 14.7. The zero-order valence-corrected chi connectivity index (χ0v) is 8.37. The summed E-state index contributed by atoms with van der Waals surface area (Å²) in [5.74, 6) is 0.811. The molecular weight excluding hydrogens is 170 g/mol. The summed E-state index contributed by atoms with van der Waals surface area (Å²) in [7, 11) is 0. The van der Waals surface area contributed by atoms with E-state index in [0.717, 1.165) is 5.92 Å². The summed E-state index contributed by atoms with van der Waals surface area (Å²) in [4.78, 5) is 4.54. The fourth-order valence-electron chi connectivity index (χ4n) is 2.76. The van der Waals surface area contributed by atoms with E-state index >= 15 is 0 Å². The quantitative estimate of drug-likeness (QED) is 0.604. The molecule has 2 aliphatic rings. The van der Waals surface area contributed by atoms with Gasteiger partial charge < -0.3 is 0 Å². The van der Waals surface area contributed by atoms with Crippen molar-refractivity contribution < 1.29 is 0 Å². The molecule has 1 nitrogen and oxygen atoms in total. The van der Waals surface area contributed by atoms with Gasteiger partial charge in [-0.15, -0.1) is 0 Å². The molecule has 0 bridgehead atoms. The van der Waals surface area contributed by atoms with Crippen LogP contribution in [0.25, 0.3) is 5.57 Å². The standard InChI is InChI=1S/C13H15N/c1-2-6-12-10(4-1)7-8-11-5-3-9-14-13(11)12/h3,5-6,9-10H,1-2,4,7-8H2/t10-/m1/s1. The van der Waals surface area contributed by atoms with E-state index in [9.17, 15) is 0 Å². The zero-order chi connectivity index (χ0) is 9.38. The van der Waals surface area contributed by atoms with Gasteiger partial charge in [-0.25, -0.2) is 0 Å². The normalized spacial score (nSPS) is 24.9. The molecule has 1 aromatic heterocycles. The van der Waals surface area contributed by atoms with Gasteiger partial charge >= 0.3 is 0 Å². The highest BCUT2D eigenvalue weighted by molar-refractivity contribution is 5.69. The molecule has 1 atom stereocenters. The molecule has 0 fully saturated rings. The average molecular weight is 185 g/mol. The van der Waals surface area contributed by atoms with E-state index in [2.05, 4.69) is 23.2 Å². The van der Waals surface area contributed by atoms with Crippen molar-refractivity contribution in [2.45, 2.75) is 32.1 Å². The SMILES string of the molecule is C1=C2c3ncccc3CC[C@H]2CCC1. The topological polar surface area (TPSA) is 12.9 Å². The lowest BCUT2D eigenvalue weighted by Crippen LogP contribution is -2.16. The molecule has 0 unspecified atom stereocenters. The highest BCUT2D eigenvalue weighted by Crippen LogP contribution is 2.39. The van der Waals surface area contributed by atoms with Gasteiger partial charge in [0, 0.05) is 6.20 Å². The van der Waals surface area contributed by atoms with Crippen molar-refractivity contribution in [1.82, 2.24) is 4.98 Å². The molecule has 1 heteroatoms. The van der Waals surface area contributed by atoms with Crippen LogP contribution in [-0.2, 0) is 6.42 Å². The van der Waals surface area contributed by atoms with Crippen LogP contribution in [-0.4, -0.2) is 4.98 Å². The van der Waals surface area contributed by atoms with Crippen molar-refractivity contribution in [2.24, 2.45) is 5.92 Å². The smallest absolute Gasteiger partial charge is 0.0693 e. The molecule has 0 radical (unpaired) electrons. The van der Waals surface area contributed by atoms with Gasteiger partial charge in [0.1, 0.15) is 0 Å². The monoisotopic (exact) mass is 185 g/mol. The van der Waals surface area contributed by atoms with Crippen LogP contribution in [0.3, 0.4) is 0 Å². The first-order valence-corrected chi connectivity index (χ1v) is 5.59. The van der Waals surface area contributed by atoms with E-state index in [-0.39, 0.29) is 0 Å². The summed E-state index contributed by atoms with van der Waals surface area (Å²) in [5, 5.41) is 0. The van der Waals surface area contributed by atoms with E-state index in [1.165, 1.54) is 48.9 Å². The number of hydrogen-bond acceptors (Lipinski definition) is 1. The summed E-state index contributed by atoms with van der Waals surface area (Å²) < 4.78 is 0. The van der Waals surface area contributed by atoms with Gasteiger partial charge in [0.2, 0.25) is 0 Å². The van der Waals surface area contributed by atoms with Crippen LogP contribution in [0.15, 0.2) is 24.4 Å². The molecule has 0 aromatic carbocycles. The van der Waals surface area contributed by atoms with E-state index in [0.29, 0.717) is 0 Å². The van der Waals surface area contributed by atoms with E-state index in [1.807, 2.05) is 6.20 Å². The number of rotatable bonds is 0. The number of pyridine rings is 1. The van der Waals surface area contributed by atoms with Crippen molar-refractivity contribution >= 4 is 5.57 Å². The van der Waals surface area contributed by atoms with Gasteiger partial charge in [-0.1, -0.05) is 12.1 Å².